The molecule has 3 aromatic rings. The number of halogens is 3. The SMILES string of the molecule is Cc1ccccc1-c1nc(NS(=O)(=O)c2cccc(N3CCC[C@](C)(CC(=O)O)C3)n2)ccc1C(F)(F)F. The lowest BCUT2D eigenvalue weighted by Crippen LogP contribution is -2.43. The molecular formula is C26H27F3N4O4S. The van der Waals surface area contributed by atoms with Crippen LogP contribution in [-0.2, 0) is 21.0 Å². The van der Waals surface area contributed by atoms with E-state index in [2.05, 4.69) is 14.7 Å². The third kappa shape index (κ3) is 6.07. The molecule has 4 rings (SSSR count). The predicted octanol–water partition coefficient (Wildman–Crippen LogP) is 5.35. The van der Waals surface area contributed by atoms with Crippen LogP contribution in [0.2, 0.25) is 0 Å². The molecule has 1 atom stereocenters. The molecule has 1 saturated heterocycles. The van der Waals surface area contributed by atoms with Gasteiger partial charge in [-0.15, -0.1) is 0 Å². The second kappa shape index (κ2) is 10.2. The summed E-state index contributed by atoms with van der Waals surface area (Å²) in [5.74, 6) is -0.822. The van der Waals surface area contributed by atoms with Crippen LogP contribution in [0.1, 0.15) is 37.3 Å². The van der Waals surface area contributed by atoms with Gasteiger partial charge in [0.1, 0.15) is 11.6 Å². The van der Waals surface area contributed by atoms with Crippen LogP contribution in [0.5, 0.6) is 0 Å². The molecule has 0 bridgehead atoms. The van der Waals surface area contributed by atoms with Gasteiger partial charge in [0.05, 0.1) is 17.7 Å². The van der Waals surface area contributed by atoms with Gasteiger partial charge in [0.2, 0.25) is 0 Å². The molecule has 0 saturated carbocycles. The van der Waals surface area contributed by atoms with E-state index in [9.17, 15) is 31.5 Å². The zero-order valence-electron chi connectivity index (χ0n) is 20.8. The molecule has 202 valence electrons. The van der Waals surface area contributed by atoms with Crippen molar-refractivity contribution in [2.75, 3.05) is 22.7 Å². The summed E-state index contributed by atoms with van der Waals surface area (Å²) in [6.07, 6.45) is -3.27. The van der Waals surface area contributed by atoms with Gasteiger partial charge in [-0.3, -0.25) is 9.52 Å². The van der Waals surface area contributed by atoms with Gasteiger partial charge in [-0.25, -0.2) is 9.97 Å². The molecule has 1 fully saturated rings. The molecule has 0 spiro atoms. The molecular weight excluding hydrogens is 521 g/mol. The van der Waals surface area contributed by atoms with Crippen molar-refractivity contribution >= 4 is 27.6 Å². The van der Waals surface area contributed by atoms with Crippen molar-refractivity contribution in [3.8, 4) is 11.3 Å². The van der Waals surface area contributed by atoms with E-state index in [1.54, 1.807) is 31.2 Å². The lowest BCUT2D eigenvalue weighted by atomic mass is 9.79. The zero-order chi connectivity index (χ0) is 27.7. The maximum Gasteiger partial charge on any atom is 0.418 e. The Bertz CT molecular complexity index is 1460. The van der Waals surface area contributed by atoms with Crippen LogP contribution in [0.25, 0.3) is 11.3 Å². The Labute approximate surface area is 218 Å². The summed E-state index contributed by atoms with van der Waals surface area (Å²) in [4.78, 5) is 21.5. The van der Waals surface area contributed by atoms with Crippen molar-refractivity contribution in [3.05, 3.63) is 65.7 Å². The molecule has 3 heterocycles. The number of benzene rings is 1. The number of alkyl halides is 3. The topological polar surface area (TPSA) is 112 Å². The van der Waals surface area contributed by atoms with E-state index in [0.29, 0.717) is 24.5 Å². The van der Waals surface area contributed by atoms with Gasteiger partial charge < -0.3 is 10.0 Å². The number of sulfonamides is 1. The number of hydrogen-bond donors (Lipinski definition) is 2. The second-order valence-electron chi connectivity index (χ2n) is 9.75. The van der Waals surface area contributed by atoms with Crippen molar-refractivity contribution < 1.29 is 31.5 Å². The van der Waals surface area contributed by atoms with E-state index in [4.69, 9.17) is 0 Å². The molecule has 0 unspecified atom stereocenters. The zero-order valence-corrected chi connectivity index (χ0v) is 21.6. The number of carbonyl (C=O) groups is 1. The third-order valence-electron chi connectivity index (χ3n) is 6.51. The van der Waals surface area contributed by atoms with Crippen molar-refractivity contribution in [1.29, 1.82) is 0 Å². The Morgan fingerprint density at radius 2 is 1.84 bits per heavy atom. The molecule has 1 aliphatic heterocycles. The highest BCUT2D eigenvalue weighted by Crippen LogP contribution is 2.38. The van der Waals surface area contributed by atoms with Crippen molar-refractivity contribution in [2.45, 2.75) is 44.3 Å². The Hall–Kier alpha value is -3.67. The normalized spacial score (nSPS) is 18.3. The number of aromatic nitrogens is 2. The molecule has 38 heavy (non-hydrogen) atoms. The molecule has 12 heteroatoms. The maximum absolute atomic E-state index is 13.7. The minimum Gasteiger partial charge on any atom is -0.481 e. The van der Waals surface area contributed by atoms with E-state index in [1.807, 2.05) is 11.8 Å². The summed E-state index contributed by atoms with van der Waals surface area (Å²) in [6.45, 7) is 4.49. The Morgan fingerprint density at radius 3 is 2.53 bits per heavy atom. The number of carboxylic acids is 1. The first-order valence-corrected chi connectivity index (χ1v) is 13.4. The summed E-state index contributed by atoms with van der Waals surface area (Å²) < 4.78 is 69.8. The monoisotopic (exact) mass is 548 g/mol. The van der Waals surface area contributed by atoms with Crippen molar-refractivity contribution in [2.24, 2.45) is 5.41 Å². The lowest BCUT2D eigenvalue weighted by molar-refractivity contribution is -0.140. The Balaban J connectivity index is 1.64. The molecule has 1 aromatic carbocycles. The van der Waals surface area contributed by atoms with Crippen LogP contribution < -0.4 is 9.62 Å². The summed E-state index contributed by atoms with van der Waals surface area (Å²) in [7, 11) is -4.31. The minimum absolute atomic E-state index is 0.0220. The summed E-state index contributed by atoms with van der Waals surface area (Å²) in [5.41, 5.74) is -1.07. The average molecular weight is 549 g/mol. The molecule has 1 aliphatic rings. The van der Waals surface area contributed by atoms with Crippen LogP contribution >= 0.6 is 0 Å². The van der Waals surface area contributed by atoms with E-state index >= 15 is 0 Å². The van der Waals surface area contributed by atoms with Crippen LogP contribution in [0.3, 0.4) is 0 Å². The van der Waals surface area contributed by atoms with Gasteiger partial charge in [0.25, 0.3) is 10.0 Å². The summed E-state index contributed by atoms with van der Waals surface area (Å²) >= 11 is 0. The molecule has 8 nitrogen and oxygen atoms in total. The molecule has 2 N–H and O–H groups in total. The van der Waals surface area contributed by atoms with Crippen molar-refractivity contribution in [1.82, 2.24) is 9.97 Å². The number of piperidine rings is 1. The smallest absolute Gasteiger partial charge is 0.418 e. The maximum atomic E-state index is 13.7. The highest BCUT2D eigenvalue weighted by atomic mass is 32.2. The number of hydrogen-bond acceptors (Lipinski definition) is 6. The number of carboxylic acid groups (broad SMARTS) is 1. The van der Waals surface area contributed by atoms with Gasteiger partial charge >= 0.3 is 12.1 Å². The van der Waals surface area contributed by atoms with Gasteiger partial charge in [-0.1, -0.05) is 37.3 Å². The average Bonchev–Trinajstić information content (AvgIpc) is 2.83. The highest BCUT2D eigenvalue weighted by molar-refractivity contribution is 7.92. The van der Waals surface area contributed by atoms with Crippen LogP contribution in [0.15, 0.2) is 59.6 Å². The van der Waals surface area contributed by atoms with Gasteiger partial charge in [0, 0.05) is 18.7 Å². The van der Waals surface area contributed by atoms with Crippen LogP contribution in [0, 0.1) is 12.3 Å². The van der Waals surface area contributed by atoms with E-state index in [-0.39, 0.29) is 28.5 Å². The number of aryl methyl sites for hydroxylation is 1. The number of pyridine rings is 2. The third-order valence-corrected chi connectivity index (χ3v) is 7.76. The molecule has 0 amide bonds. The van der Waals surface area contributed by atoms with Gasteiger partial charge in [-0.2, -0.15) is 21.6 Å². The standard InChI is InChI=1S/C26H27F3N4O4S/c1-17-7-3-4-8-18(17)24-19(26(27,28)29)11-12-20(30-24)32-38(36,37)22-10-5-9-21(31-22)33-14-6-13-25(2,16-33)15-23(34)35/h3-5,7-12H,6,13-16H2,1-2H3,(H,30,32)(H,34,35)/t25-/m1/s1. The largest absolute Gasteiger partial charge is 0.481 e. The number of rotatable bonds is 7. The van der Waals surface area contributed by atoms with Crippen molar-refractivity contribution in [3.63, 3.8) is 0 Å². The van der Waals surface area contributed by atoms with E-state index in [1.165, 1.54) is 18.2 Å². The van der Waals surface area contributed by atoms with E-state index < -0.39 is 33.1 Å². The summed E-state index contributed by atoms with van der Waals surface area (Å²) in [5, 5.41) is 8.92. The fourth-order valence-corrected chi connectivity index (χ4v) is 5.69. The Kier molecular flexibility index (Phi) is 7.37. The number of aliphatic carboxylic acids is 1. The fourth-order valence-electron chi connectivity index (χ4n) is 4.73. The Morgan fingerprint density at radius 1 is 1.11 bits per heavy atom. The number of nitrogens with zero attached hydrogens (tertiary/aromatic N) is 3. The first-order valence-electron chi connectivity index (χ1n) is 11.9. The molecule has 0 aliphatic carbocycles. The van der Waals surface area contributed by atoms with Gasteiger partial charge in [-0.05, 0) is 55.0 Å². The second-order valence-corrected chi connectivity index (χ2v) is 11.4. The highest BCUT2D eigenvalue weighted by Gasteiger charge is 2.36. The predicted molar refractivity (Wildman–Crippen MR) is 136 cm³/mol. The van der Waals surface area contributed by atoms with Crippen LogP contribution in [-0.4, -0.2) is 42.6 Å². The van der Waals surface area contributed by atoms with Crippen LogP contribution in [0.4, 0.5) is 24.8 Å². The first-order chi connectivity index (χ1) is 17.8. The number of anilines is 2. The molecule has 2 aromatic heterocycles. The van der Waals surface area contributed by atoms with Gasteiger partial charge in [0.15, 0.2) is 5.03 Å². The minimum atomic E-state index is -4.69. The van der Waals surface area contributed by atoms with E-state index in [0.717, 1.165) is 25.0 Å². The first kappa shape index (κ1) is 27.4. The quantitative estimate of drug-likeness (QED) is 0.409. The lowest BCUT2D eigenvalue weighted by Gasteiger charge is -2.40. The summed E-state index contributed by atoms with van der Waals surface area (Å²) in [6, 6.07) is 12.6. The fraction of sp³-hybridized carbons (Fsp3) is 0.346. The number of nitrogens with one attached hydrogen (secondary N) is 1. The molecule has 0 radical (unpaired) electrons.